The minimum Gasteiger partial charge on any atom is -0.489 e. The highest BCUT2D eigenvalue weighted by Gasteiger charge is 2.31. The second kappa shape index (κ2) is 13.6. The molecule has 3 aromatic carbocycles. The molecule has 1 unspecified atom stereocenters. The topological polar surface area (TPSA) is 96.0 Å². The van der Waals surface area contributed by atoms with E-state index in [1.54, 1.807) is 49.4 Å². The van der Waals surface area contributed by atoms with E-state index in [9.17, 15) is 22.4 Å². The molecule has 1 fully saturated rings. The van der Waals surface area contributed by atoms with E-state index in [0.29, 0.717) is 12.4 Å². The van der Waals surface area contributed by atoms with Crippen molar-refractivity contribution in [2.24, 2.45) is 0 Å². The molecular formula is C31H36FN3O5S. The van der Waals surface area contributed by atoms with E-state index in [4.69, 9.17) is 4.74 Å². The number of halogens is 1. The molecule has 0 bridgehead atoms. The summed E-state index contributed by atoms with van der Waals surface area (Å²) in [7, 11) is -3.89. The van der Waals surface area contributed by atoms with E-state index in [2.05, 4.69) is 5.32 Å². The van der Waals surface area contributed by atoms with Gasteiger partial charge in [0.25, 0.3) is 0 Å². The lowest BCUT2D eigenvalue weighted by atomic mass is 10.1. The Hall–Kier alpha value is -3.92. The van der Waals surface area contributed by atoms with Crippen LogP contribution < -0.4 is 14.4 Å². The average Bonchev–Trinajstić information content (AvgIpc) is 3.47. The Morgan fingerprint density at radius 1 is 0.976 bits per heavy atom. The van der Waals surface area contributed by atoms with E-state index < -0.39 is 34.3 Å². The van der Waals surface area contributed by atoms with Crippen molar-refractivity contribution in [3.05, 3.63) is 95.8 Å². The first-order valence-corrected chi connectivity index (χ1v) is 15.5. The first kappa shape index (κ1) is 30.0. The van der Waals surface area contributed by atoms with Crippen LogP contribution in [0.25, 0.3) is 0 Å². The molecule has 0 radical (unpaired) electrons. The van der Waals surface area contributed by atoms with E-state index in [1.165, 1.54) is 11.0 Å². The number of hydrogen-bond acceptors (Lipinski definition) is 5. The van der Waals surface area contributed by atoms with Gasteiger partial charge < -0.3 is 15.0 Å². The summed E-state index contributed by atoms with van der Waals surface area (Å²) in [6.45, 7) is 1.18. The van der Waals surface area contributed by atoms with Gasteiger partial charge in [0.15, 0.2) is 0 Å². The van der Waals surface area contributed by atoms with Gasteiger partial charge in [-0.05, 0) is 55.7 Å². The maximum Gasteiger partial charge on any atom is 0.244 e. The van der Waals surface area contributed by atoms with Crippen LogP contribution in [0.5, 0.6) is 5.75 Å². The van der Waals surface area contributed by atoms with E-state index in [-0.39, 0.29) is 29.7 Å². The number of hydrogen-bond donors (Lipinski definition) is 1. The molecule has 1 aliphatic rings. The zero-order valence-electron chi connectivity index (χ0n) is 23.3. The highest BCUT2D eigenvalue weighted by atomic mass is 32.2. The minimum atomic E-state index is -3.89. The highest BCUT2D eigenvalue weighted by molar-refractivity contribution is 7.92. The van der Waals surface area contributed by atoms with Gasteiger partial charge in [-0.25, -0.2) is 12.8 Å². The van der Waals surface area contributed by atoms with Crippen LogP contribution in [0.4, 0.5) is 10.1 Å². The molecule has 0 saturated heterocycles. The van der Waals surface area contributed by atoms with Gasteiger partial charge in [-0.15, -0.1) is 0 Å². The average molecular weight is 582 g/mol. The molecule has 1 atom stereocenters. The summed E-state index contributed by atoms with van der Waals surface area (Å²) < 4.78 is 47.0. The molecule has 1 saturated carbocycles. The summed E-state index contributed by atoms with van der Waals surface area (Å²) in [4.78, 5) is 28.1. The highest BCUT2D eigenvalue weighted by Crippen LogP contribution is 2.24. The molecule has 8 nitrogen and oxygen atoms in total. The smallest absolute Gasteiger partial charge is 0.244 e. The summed E-state index contributed by atoms with van der Waals surface area (Å²) in [5, 5.41) is 2.99. The standard InChI is InChI=1S/C31H36FN3O5S/c1-23(31(37)33-26-13-7-8-14-26)34(20-25-12-6-9-15-29(25)32)30(36)21-35(41(2,38)39)27-16-18-28(19-17-27)40-22-24-10-4-3-5-11-24/h3-6,9-12,15-19,23,26H,7-8,13-14,20-22H2,1-2H3,(H,33,37). The van der Waals surface area contributed by atoms with E-state index in [0.717, 1.165) is 41.8 Å². The molecule has 10 heteroatoms. The predicted molar refractivity (Wildman–Crippen MR) is 156 cm³/mol. The van der Waals surface area contributed by atoms with Crippen molar-refractivity contribution in [1.29, 1.82) is 0 Å². The summed E-state index contributed by atoms with van der Waals surface area (Å²) in [6, 6.07) is 21.1. The van der Waals surface area contributed by atoms with Gasteiger partial charge in [-0.1, -0.05) is 61.4 Å². The van der Waals surface area contributed by atoms with Crippen molar-refractivity contribution >= 4 is 27.5 Å². The van der Waals surface area contributed by atoms with Crippen molar-refractivity contribution in [2.75, 3.05) is 17.1 Å². The van der Waals surface area contributed by atoms with Crippen LogP contribution in [0.2, 0.25) is 0 Å². The number of nitrogens with zero attached hydrogens (tertiary/aromatic N) is 2. The molecule has 218 valence electrons. The van der Waals surface area contributed by atoms with Crippen molar-refractivity contribution in [1.82, 2.24) is 10.2 Å². The molecule has 4 rings (SSSR count). The van der Waals surface area contributed by atoms with Crippen LogP contribution in [0.15, 0.2) is 78.9 Å². The number of sulfonamides is 1. The van der Waals surface area contributed by atoms with Gasteiger partial charge in [0.1, 0.15) is 30.8 Å². The first-order chi connectivity index (χ1) is 19.6. The quantitative estimate of drug-likeness (QED) is 0.336. The van der Waals surface area contributed by atoms with Crippen LogP contribution in [0.3, 0.4) is 0 Å². The summed E-state index contributed by atoms with van der Waals surface area (Å²) in [6.07, 6.45) is 4.80. The summed E-state index contributed by atoms with van der Waals surface area (Å²) >= 11 is 0. The molecule has 3 aromatic rings. The Kier molecular flexibility index (Phi) is 9.99. The van der Waals surface area contributed by atoms with Crippen LogP contribution in [0.1, 0.15) is 43.7 Å². The molecule has 0 heterocycles. The number of carbonyl (C=O) groups is 2. The first-order valence-electron chi connectivity index (χ1n) is 13.7. The number of anilines is 1. The van der Waals surface area contributed by atoms with Crippen LogP contribution in [0, 0.1) is 5.82 Å². The SMILES string of the molecule is CC(C(=O)NC1CCCC1)N(Cc1ccccc1F)C(=O)CN(c1ccc(OCc2ccccc2)cc1)S(C)(=O)=O. The fraction of sp³-hybridized carbons (Fsp3) is 0.355. The summed E-state index contributed by atoms with van der Waals surface area (Å²) in [5.41, 5.74) is 1.48. The third kappa shape index (κ3) is 8.29. The normalized spacial score (nSPS) is 14.3. The Bertz CT molecular complexity index is 1430. The monoisotopic (exact) mass is 581 g/mol. The zero-order chi connectivity index (χ0) is 29.4. The number of carbonyl (C=O) groups excluding carboxylic acids is 2. The van der Waals surface area contributed by atoms with Crippen molar-refractivity contribution in [3.8, 4) is 5.75 Å². The minimum absolute atomic E-state index is 0.0329. The predicted octanol–water partition coefficient (Wildman–Crippen LogP) is 4.65. The third-order valence-electron chi connectivity index (χ3n) is 7.22. The number of rotatable bonds is 12. The number of benzene rings is 3. The molecule has 1 N–H and O–H groups in total. The van der Waals surface area contributed by atoms with Crippen molar-refractivity contribution in [3.63, 3.8) is 0 Å². The molecule has 0 aromatic heterocycles. The molecule has 0 aliphatic heterocycles. The fourth-order valence-corrected chi connectivity index (χ4v) is 5.70. The lowest BCUT2D eigenvalue weighted by molar-refractivity contribution is -0.139. The molecule has 0 spiro atoms. The second-order valence-corrected chi connectivity index (χ2v) is 12.2. The molecular weight excluding hydrogens is 545 g/mol. The van der Waals surface area contributed by atoms with Crippen LogP contribution in [-0.2, 0) is 32.8 Å². The lowest BCUT2D eigenvalue weighted by Gasteiger charge is -2.32. The van der Waals surface area contributed by atoms with Crippen molar-refractivity contribution < 1.29 is 27.1 Å². The van der Waals surface area contributed by atoms with Gasteiger partial charge in [0.05, 0.1) is 11.9 Å². The van der Waals surface area contributed by atoms with Gasteiger partial charge in [0, 0.05) is 18.2 Å². The van der Waals surface area contributed by atoms with Crippen LogP contribution >= 0.6 is 0 Å². The van der Waals surface area contributed by atoms with Crippen molar-refractivity contribution in [2.45, 2.75) is 57.8 Å². The Labute approximate surface area is 241 Å². The molecule has 1 aliphatic carbocycles. The maximum atomic E-state index is 14.6. The van der Waals surface area contributed by atoms with Gasteiger partial charge >= 0.3 is 0 Å². The Balaban J connectivity index is 1.53. The molecule has 2 amide bonds. The zero-order valence-corrected chi connectivity index (χ0v) is 24.1. The van der Waals surface area contributed by atoms with Gasteiger partial charge in [-0.2, -0.15) is 0 Å². The Morgan fingerprint density at radius 2 is 1.61 bits per heavy atom. The lowest BCUT2D eigenvalue weighted by Crippen LogP contribution is -2.52. The Morgan fingerprint density at radius 3 is 2.24 bits per heavy atom. The number of ether oxygens (including phenoxy) is 1. The third-order valence-corrected chi connectivity index (χ3v) is 8.36. The van der Waals surface area contributed by atoms with Crippen LogP contribution in [-0.4, -0.2) is 50.0 Å². The van der Waals surface area contributed by atoms with Gasteiger partial charge in [-0.3, -0.25) is 13.9 Å². The number of nitrogens with one attached hydrogen (secondary N) is 1. The maximum absolute atomic E-state index is 14.6. The van der Waals surface area contributed by atoms with Gasteiger partial charge in [0.2, 0.25) is 21.8 Å². The number of amides is 2. The fourth-order valence-electron chi connectivity index (χ4n) is 4.85. The largest absolute Gasteiger partial charge is 0.489 e. The summed E-state index contributed by atoms with van der Waals surface area (Å²) in [5.74, 6) is -0.958. The van der Waals surface area contributed by atoms with E-state index in [1.807, 2.05) is 30.3 Å². The molecule has 41 heavy (non-hydrogen) atoms. The second-order valence-electron chi connectivity index (χ2n) is 10.3. The van der Waals surface area contributed by atoms with E-state index >= 15 is 0 Å².